The molecule has 3 nitrogen and oxygen atoms in total. The van der Waals surface area contributed by atoms with E-state index >= 15 is 0 Å². The summed E-state index contributed by atoms with van der Waals surface area (Å²) >= 11 is 0. The Morgan fingerprint density at radius 2 is 2.00 bits per heavy atom. The molecule has 0 aliphatic carbocycles. The fourth-order valence-corrected chi connectivity index (χ4v) is 1.48. The summed E-state index contributed by atoms with van der Waals surface area (Å²) in [6.45, 7) is 3.56. The number of fused-ring (bicyclic) bond motifs is 1. The maximum absolute atomic E-state index is 9.41. The van der Waals surface area contributed by atoms with Crippen LogP contribution in [0.25, 0.3) is 10.9 Å². The lowest BCUT2D eigenvalue weighted by Crippen LogP contribution is -2.25. The standard InChI is InChI=1S/C13H15NO2/c1-9(15)10(2)16-13-7-3-6-12-11(13)5-4-8-14-12/h3-10,15H,1-2H3/t9-,10?/m1/s1. The zero-order valence-corrected chi connectivity index (χ0v) is 9.42. The van der Waals surface area contributed by atoms with Gasteiger partial charge in [-0.15, -0.1) is 0 Å². The molecule has 2 atom stereocenters. The monoisotopic (exact) mass is 217 g/mol. The second-order valence-electron chi connectivity index (χ2n) is 3.89. The average molecular weight is 217 g/mol. The number of hydrogen-bond donors (Lipinski definition) is 1. The van der Waals surface area contributed by atoms with Gasteiger partial charge in [-0.2, -0.15) is 0 Å². The van der Waals surface area contributed by atoms with Crippen molar-refractivity contribution in [2.45, 2.75) is 26.1 Å². The molecule has 0 aliphatic rings. The Morgan fingerprint density at radius 3 is 2.75 bits per heavy atom. The molecule has 0 aliphatic heterocycles. The Labute approximate surface area is 94.7 Å². The molecule has 16 heavy (non-hydrogen) atoms. The quantitative estimate of drug-likeness (QED) is 0.858. The topological polar surface area (TPSA) is 42.4 Å². The zero-order chi connectivity index (χ0) is 11.5. The predicted octanol–water partition coefficient (Wildman–Crippen LogP) is 2.38. The zero-order valence-electron chi connectivity index (χ0n) is 9.42. The van der Waals surface area contributed by atoms with Crippen LogP contribution >= 0.6 is 0 Å². The Bertz CT molecular complexity index is 477. The lowest BCUT2D eigenvalue weighted by Gasteiger charge is -2.18. The Morgan fingerprint density at radius 1 is 1.19 bits per heavy atom. The molecule has 1 aromatic carbocycles. The first-order valence-electron chi connectivity index (χ1n) is 5.37. The van der Waals surface area contributed by atoms with Crippen LogP contribution in [0, 0.1) is 0 Å². The Kier molecular flexibility index (Phi) is 3.06. The van der Waals surface area contributed by atoms with Crippen molar-refractivity contribution in [3.05, 3.63) is 36.5 Å². The van der Waals surface area contributed by atoms with Crippen LogP contribution in [0.1, 0.15) is 13.8 Å². The lowest BCUT2D eigenvalue weighted by molar-refractivity contribution is 0.0614. The second kappa shape index (κ2) is 4.49. The van der Waals surface area contributed by atoms with Crippen LogP contribution in [-0.2, 0) is 0 Å². The molecular formula is C13H15NO2. The van der Waals surface area contributed by atoms with Gasteiger partial charge >= 0.3 is 0 Å². The van der Waals surface area contributed by atoms with Gasteiger partial charge in [0.05, 0.1) is 11.6 Å². The van der Waals surface area contributed by atoms with E-state index in [1.807, 2.05) is 37.3 Å². The summed E-state index contributed by atoms with van der Waals surface area (Å²) < 4.78 is 5.70. The van der Waals surface area contributed by atoms with Gasteiger partial charge in [0, 0.05) is 11.6 Å². The smallest absolute Gasteiger partial charge is 0.129 e. The number of ether oxygens (including phenoxy) is 1. The number of aliphatic hydroxyl groups excluding tert-OH is 1. The van der Waals surface area contributed by atoms with Crippen LogP contribution in [0.15, 0.2) is 36.5 Å². The average Bonchev–Trinajstić information content (AvgIpc) is 2.29. The summed E-state index contributed by atoms with van der Waals surface area (Å²) in [5.74, 6) is 0.763. The number of rotatable bonds is 3. The Hall–Kier alpha value is -1.61. The minimum absolute atomic E-state index is 0.231. The van der Waals surface area contributed by atoms with Crippen molar-refractivity contribution in [3.63, 3.8) is 0 Å². The van der Waals surface area contributed by atoms with Gasteiger partial charge in [0.15, 0.2) is 0 Å². The number of pyridine rings is 1. The molecule has 0 saturated heterocycles. The third kappa shape index (κ3) is 2.14. The molecule has 1 aromatic heterocycles. The van der Waals surface area contributed by atoms with Crippen molar-refractivity contribution in [1.82, 2.24) is 4.98 Å². The van der Waals surface area contributed by atoms with E-state index in [4.69, 9.17) is 4.74 Å². The van der Waals surface area contributed by atoms with Crippen molar-refractivity contribution in [2.24, 2.45) is 0 Å². The minimum Gasteiger partial charge on any atom is -0.487 e. The summed E-state index contributed by atoms with van der Waals surface area (Å²) in [6, 6.07) is 9.58. The van der Waals surface area contributed by atoms with Gasteiger partial charge < -0.3 is 9.84 Å². The number of nitrogens with zero attached hydrogens (tertiary/aromatic N) is 1. The first kappa shape index (κ1) is 10.9. The normalized spacial score (nSPS) is 14.7. The molecule has 0 fully saturated rings. The maximum atomic E-state index is 9.41. The van der Waals surface area contributed by atoms with E-state index < -0.39 is 6.10 Å². The van der Waals surface area contributed by atoms with Gasteiger partial charge in [-0.05, 0) is 38.1 Å². The van der Waals surface area contributed by atoms with Gasteiger partial charge in [-0.25, -0.2) is 0 Å². The van der Waals surface area contributed by atoms with Crippen molar-refractivity contribution in [1.29, 1.82) is 0 Å². The van der Waals surface area contributed by atoms with Crippen molar-refractivity contribution >= 4 is 10.9 Å². The predicted molar refractivity (Wildman–Crippen MR) is 63.5 cm³/mol. The third-order valence-electron chi connectivity index (χ3n) is 2.60. The second-order valence-corrected chi connectivity index (χ2v) is 3.89. The molecule has 3 heteroatoms. The molecule has 0 spiro atoms. The molecule has 84 valence electrons. The largest absolute Gasteiger partial charge is 0.487 e. The van der Waals surface area contributed by atoms with E-state index in [1.165, 1.54) is 0 Å². The van der Waals surface area contributed by atoms with E-state index in [0.29, 0.717) is 0 Å². The highest BCUT2D eigenvalue weighted by atomic mass is 16.5. The van der Waals surface area contributed by atoms with Gasteiger partial charge in [0.1, 0.15) is 11.9 Å². The summed E-state index contributed by atoms with van der Waals surface area (Å²) in [6.07, 6.45) is 1.03. The van der Waals surface area contributed by atoms with Crippen LogP contribution in [0.2, 0.25) is 0 Å². The van der Waals surface area contributed by atoms with E-state index in [2.05, 4.69) is 4.98 Å². The van der Waals surface area contributed by atoms with Crippen LogP contribution in [-0.4, -0.2) is 22.3 Å². The summed E-state index contributed by atoms with van der Waals surface area (Å²) in [5, 5.41) is 10.4. The molecule has 0 bridgehead atoms. The molecule has 0 radical (unpaired) electrons. The van der Waals surface area contributed by atoms with E-state index in [1.54, 1.807) is 13.1 Å². The third-order valence-corrected chi connectivity index (χ3v) is 2.60. The molecule has 1 unspecified atom stereocenters. The summed E-state index contributed by atoms with van der Waals surface area (Å²) in [5.41, 5.74) is 0.901. The fraction of sp³-hybridized carbons (Fsp3) is 0.308. The number of benzene rings is 1. The van der Waals surface area contributed by atoms with Gasteiger partial charge in [-0.3, -0.25) is 4.98 Å². The maximum Gasteiger partial charge on any atom is 0.129 e. The lowest BCUT2D eigenvalue weighted by atomic mass is 10.2. The fourth-order valence-electron chi connectivity index (χ4n) is 1.48. The molecule has 0 amide bonds. The van der Waals surface area contributed by atoms with Crippen LogP contribution in [0.4, 0.5) is 0 Å². The highest BCUT2D eigenvalue weighted by molar-refractivity contribution is 5.84. The minimum atomic E-state index is -0.494. The molecule has 1 heterocycles. The first-order valence-corrected chi connectivity index (χ1v) is 5.37. The van der Waals surface area contributed by atoms with Crippen LogP contribution in [0.5, 0.6) is 5.75 Å². The summed E-state index contributed by atoms with van der Waals surface area (Å²) in [7, 11) is 0. The molecule has 2 rings (SSSR count). The van der Waals surface area contributed by atoms with Gasteiger partial charge in [-0.1, -0.05) is 6.07 Å². The van der Waals surface area contributed by atoms with E-state index in [-0.39, 0.29) is 6.10 Å². The molecule has 1 N–H and O–H groups in total. The highest BCUT2D eigenvalue weighted by Crippen LogP contribution is 2.24. The summed E-state index contributed by atoms with van der Waals surface area (Å²) in [4.78, 5) is 4.25. The Balaban J connectivity index is 2.37. The van der Waals surface area contributed by atoms with Crippen LogP contribution < -0.4 is 4.74 Å². The molecule has 2 aromatic rings. The number of aliphatic hydroxyl groups is 1. The molecular weight excluding hydrogens is 202 g/mol. The van der Waals surface area contributed by atoms with Crippen molar-refractivity contribution in [2.75, 3.05) is 0 Å². The SMILES string of the molecule is CC(Oc1cccc2ncccc12)[C@@H](C)O. The number of hydrogen-bond acceptors (Lipinski definition) is 3. The highest BCUT2D eigenvalue weighted by Gasteiger charge is 2.11. The number of aromatic nitrogens is 1. The van der Waals surface area contributed by atoms with Crippen LogP contribution in [0.3, 0.4) is 0 Å². The van der Waals surface area contributed by atoms with E-state index in [0.717, 1.165) is 16.7 Å². The van der Waals surface area contributed by atoms with Gasteiger partial charge in [0.25, 0.3) is 0 Å². The van der Waals surface area contributed by atoms with E-state index in [9.17, 15) is 5.11 Å². The molecule has 0 saturated carbocycles. The van der Waals surface area contributed by atoms with Gasteiger partial charge in [0.2, 0.25) is 0 Å². The van der Waals surface area contributed by atoms with Crippen molar-refractivity contribution in [3.8, 4) is 5.75 Å². The first-order chi connectivity index (χ1) is 7.68. The van der Waals surface area contributed by atoms with Crippen molar-refractivity contribution < 1.29 is 9.84 Å².